The summed E-state index contributed by atoms with van der Waals surface area (Å²) in [6.07, 6.45) is 0. The Morgan fingerprint density at radius 1 is 1.25 bits per heavy atom. The molecule has 0 bridgehead atoms. The van der Waals surface area contributed by atoms with Crippen LogP contribution in [0, 0.1) is 18.3 Å². The number of nitrogens with one attached hydrogen (secondary N) is 2. The molecule has 2 aromatic rings. The number of amides is 3. The number of hydrogen-bond acceptors (Lipinski definition) is 5. The summed E-state index contributed by atoms with van der Waals surface area (Å²) < 4.78 is 26.6. The minimum Gasteiger partial charge on any atom is -0.336 e. The molecule has 0 atom stereocenters. The van der Waals surface area contributed by atoms with Crippen molar-refractivity contribution < 1.29 is 18.0 Å². The molecule has 1 heterocycles. The molecule has 0 aromatic heterocycles. The third kappa shape index (κ3) is 4.29. The fourth-order valence-corrected chi connectivity index (χ4v) is 4.04. The van der Waals surface area contributed by atoms with E-state index in [0.29, 0.717) is 35.5 Å². The van der Waals surface area contributed by atoms with Crippen LogP contribution in [0.5, 0.6) is 0 Å². The number of anilines is 1. The van der Waals surface area contributed by atoms with E-state index in [1.165, 1.54) is 30.3 Å². The highest BCUT2D eigenvalue weighted by Crippen LogP contribution is 2.23. The summed E-state index contributed by atoms with van der Waals surface area (Å²) in [5.41, 5.74) is 2.43. The maximum absolute atomic E-state index is 12.4. The molecule has 0 aliphatic carbocycles. The molecular weight excluding hydrogens is 380 g/mol. The Hall–Kier alpha value is -3.38. The summed E-state index contributed by atoms with van der Waals surface area (Å²) >= 11 is 0. The molecule has 8 nitrogen and oxygen atoms in total. The standard InChI is InChI=1S/C19H18N4O4S/c1-13-10-16(6-7-17(13)23-9-8-21-19(23)25)18(24)22-28(26,27)12-15-4-2-14(11-20)3-5-15/h2-7,10H,8-9,12H2,1H3,(H,21,25)(H,22,24). The van der Waals surface area contributed by atoms with Crippen molar-refractivity contribution in [2.24, 2.45) is 0 Å². The Kier molecular flexibility index (Phi) is 5.33. The van der Waals surface area contributed by atoms with Crippen molar-refractivity contribution in [3.63, 3.8) is 0 Å². The van der Waals surface area contributed by atoms with E-state index < -0.39 is 15.9 Å². The Labute approximate surface area is 162 Å². The number of benzene rings is 2. The molecule has 2 N–H and O–H groups in total. The first-order valence-corrected chi connectivity index (χ1v) is 10.1. The molecule has 3 amide bonds. The van der Waals surface area contributed by atoms with Gasteiger partial charge in [-0.25, -0.2) is 17.9 Å². The molecule has 144 valence electrons. The zero-order valence-electron chi connectivity index (χ0n) is 15.1. The van der Waals surface area contributed by atoms with Crippen LogP contribution in [0.15, 0.2) is 42.5 Å². The summed E-state index contributed by atoms with van der Waals surface area (Å²) in [4.78, 5) is 25.7. The molecule has 9 heteroatoms. The second-order valence-corrected chi connectivity index (χ2v) is 8.11. The van der Waals surface area contributed by atoms with Gasteiger partial charge in [-0.1, -0.05) is 12.1 Å². The number of nitrogens with zero attached hydrogens (tertiary/aromatic N) is 2. The SMILES string of the molecule is Cc1cc(C(=O)NS(=O)(=O)Cc2ccc(C#N)cc2)ccc1N1CCNC1=O. The zero-order chi connectivity index (χ0) is 20.3. The first-order chi connectivity index (χ1) is 13.3. The third-order valence-electron chi connectivity index (χ3n) is 4.29. The van der Waals surface area contributed by atoms with Gasteiger partial charge in [0.15, 0.2) is 0 Å². The summed E-state index contributed by atoms with van der Waals surface area (Å²) in [5, 5.41) is 11.5. The van der Waals surface area contributed by atoms with Gasteiger partial charge in [-0.15, -0.1) is 0 Å². The largest absolute Gasteiger partial charge is 0.336 e. The lowest BCUT2D eigenvalue weighted by molar-refractivity contribution is 0.0981. The van der Waals surface area contributed by atoms with Crippen LogP contribution in [-0.4, -0.2) is 33.4 Å². The van der Waals surface area contributed by atoms with Crippen LogP contribution in [0.4, 0.5) is 10.5 Å². The lowest BCUT2D eigenvalue weighted by atomic mass is 10.1. The third-order valence-corrected chi connectivity index (χ3v) is 5.50. The minimum atomic E-state index is -3.91. The van der Waals surface area contributed by atoms with Crippen molar-refractivity contribution >= 4 is 27.6 Å². The van der Waals surface area contributed by atoms with Crippen LogP contribution in [0.2, 0.25) is 0 Å². The Bertz CT molecular complexity index is 1070. The van der Waals surface area contributed by atoms with Gasteiger partial charge in [0.2, 0.25) is 10.0 Å². The molecule has 0 unspecified atom stereocenters. The number of sulfonamides is 1. The number of carbonyl (C=O) groups excluding carboxylic acids is 2. The molecular formula is C19H18N4O4S. The Morgan fingerprint density at radius 3 is 2.54 bits per heavy atom. The van der Waals surface area contributed by atoms with Crippen molar-refractivity contribution in [2.75, 3.05) is 18.0 Å². The molecule has 3 rings (SSSR count). The number of hydrogen-bond donors (Lipinski definition) is 2. The maximum atomic E-state index is 12.4. The Morgan fingerprint density at radius 2 is 1.96 bits per heavy atom. The summed E-state index contributed by atoms with van der Waals surface area (Å²) in [6, 6.07) is 12.5. The van der Waals surface area contributed by atoms with Crippen LogP contribution in [-0.2, 0) is 15.8 Å². The smallest absolute Gasteiger partial charge is 0.322 e. The van der Waals surface area contributed by atoms with Gasteiger partial charge in [0.1, 0.15) is 0 Å². The number of carbonyl (C=O) groups is 2. The molecule has 1 saturated heterocycles. The Balaban J connectivity index is 1.71. The first-order valence-electron chi connectivity index (χ1n) is 8.49. The summed E-state index contributed by atoms with van der Waals surface area (Å²) in [7, 11) is -3.91. The van der Waals surface area contributed by atoms with Crippen LogP contribution < -0.4 is 14.9 Å². The zero-order valence-corrected chi connectivity index (χ0v) is 15.9. The second kappa shape index (κ2) is 7.70. The number of aryl methyl sites for hydroxylation is 1. The van der Waals surface area contributed by atoms with Gasteiger partial charge < -0.3 is 5.32 Å². The van der Waals surface area contributed by atoms with Crippen LogP contribution in [0.25, 0.3) is 0 Å². The van der Waals surface area contributed by atoms with E-state index in [1.807, 2.05) is 6.07 Å². The minimum absolute atomic E-state index is 0.184. The van der Waals surface area contributed by atoms with Crippen molar-refractivity contribution in [1.82, 2.24) is 10.0 Å². The second-order valence-electron chi connectivity index (χ2n) is 6.38. The lowest BCUT2D eigenvalue weighted by Crippen LogP contribution is -2.32. The summed E-state index contributed by atoms with van der Waals surface area (Å²) in [6.45, 7) is 2.83. The fourth-order valence-electron chi connectivity index (χ4n) is 2.93. The highest BCUT2D eigenvalue weighted by atomic mass is 32.2. The van der Waals surface area contributed by atoms with E-state index in [4.69, 9.17) is 5.26 Å². The first kappa shape index (κ1) is 19.4. The highest BCUT2D eigenvalue weighted by Gasteiger charge is 2.23. The van der Waals surface area contributed by atoms with E-state index in [0.717, 1.165) is 0 Å². The molecule has 2 aromatic carbocycles. The van der Waals surface area contributed by atoms with Crippen molar-refractivity contribution in [1.29, 1.82) is 5.26 Å². The quantitative estimate of drug-likeness (QED) is 0.794. The normalized spacial score (nSPS) is 13.7. The molecule has 1 aliphatic heterocycles. The number of rotatable bonds is 5. The van der Waals surface area contributed by atoms with Crippen LogP contribution in [0.3, 0.4) is 0 Å². The predicted octanol–water partition coefficient (Wildman–Crippen LogP) is 1.66. The fraction of sp³-hybridized carbons (Fsp3) is 0.211. The van der Waals surface area contributed by atoms with E-state index in [1.54, 1.807) is 24.0 Å². The topological polar surface area (TPSA) is 119 Å². The van der Waals surface area contributed by atoms with Gasteiger partial charge in [-0.05, 0) is 48.4 Å². The molecule has 0 radical (unpaired) electrons. The van der Waals surface area contributed by atoms with Gasteiger partial charge in [-0.3, -0.25) is 9.69 Å². The van der Waals surface area contributed by atoms with Crippen LogP contribution in [0.1, 0.15) is 27.0 Å². The van der Waals surface area contributed by atoms with E-state index in [2.05, 4.69) is 10.0 Å². The van der Waals surface area contributed by atoms with Crippen molar-refractivity contribution in [3.05, 3.63) is 64.7 Å². The molecule has 1 fully saturated rings. The summed E-state index contributed by atoms with van der Waals surface area (Å²) in [5.74, 6) is -1.12. The number of nitriles is 1. The van der Waals surface area contributed by atoms with Gasteiger partial charge in [0, 0.05) is 24.3 Å². The van der Waals surface area contributed by atoms with Crippen molar-refractivity contribution in [3.8, 4) is 6.07 Å². The average Bonchev–Trinajstić information content (AvgIpc) is 3.07. The molecule has 1 aliphatic rings. The monoisotopic (exact) mass is 398 g/mol. The number of urea groups is 1. The van der Waals surface area contributed by atoms with Gasteiger partial charge >= 0.3 is 6.03 Å². The van der Waals surface area contributed by atoms with Crippen molar-refractivity contribution in [2.45, 2.75) is 12.7 Å². The van der Waals surface area contributed by atoms with E-state index in [9.17, 15) is 18.0 Å². The van der Waals surface area contributed by atoms with Crippen LogP contribution >= 0.6 is 0 Å². The maximum Gasteiger partial charge on any atom is 0.322 e. The predicted molar refractivity (Wildman–Crippen MR) is 103 cm³/mol. The van der Waals surface area contributed by atoms with Gasteiger partial charge in [-0.2, -0.15) is 5.26 Å². The lowest BCUT2D eigenvalue weighted by Gasteiger charge is -2.17. The van der Waals surface area contributed by atoms with E-state index in [-0.39, 0.29) is 17.3 Å². The van der Waals surface area contributed by atoms with Gasteiger partial charge in [0.25, 0.3) is 5.91 Å². The average molecular weight is 398 g/mol. The highest BCUT2D eigenvalue weighted by molar-refractivity contribution is 7.89. The van der Waals surface area contributed by atoms with Gasteiger partial charge in [0.05, 0.1) is 17.4 Å². The molecule has 28 heavy (non-hydrogen) atoms. The molecule has 0 saturated carbocycles. The molecule has 0 spiro atoms. The van der Waals surface area contributed by atoms with E-state index >= 15 is 0 Å².